The molecule has 3 rings (SSSR count). The fourth-order valence-corrected chi connectivity index (χ4v) is 2.68. The molecule has 1 heterocycles. The van der Waals surface area contributed by atoms with Gasteiger partial charge >= 0.3 is 5.76 Å². The van der Waals surface area contributed by atoms with Crippen molar-refractivity contribution >= 4 is 22.7 Å². The number of nitrogens with zero attached hydrogens (tertiary/aromatic N) is 3. The van der Waals surface area contributed by atoms with Gasteiger partial charge in [-0.15, -0.1) is 0 Å². The number of hydrogen-bond donors (Lipinski definition) is 0. The molecule has 0 saturated heterocycles. The van der Waals surface area contributed by atoms with E-state index < -0.39 is 5.76 Å². The lowest BCUT2D eigenvalue weighted by molar-refractivity contribution is -0.131. The zero-order chi connectivity index (χ0) is 18.0. The summed E-state index contributed by atoms with van der Waals surface area (Å²) >= 11 is 0. The Morgan fingerprint density at radius 3 is 2.40 bits per heavy atom. The summed E-state index contributed by atoms with van der Waals surface area (Å²) in [6.07, 6.45) is 0. The summed E-state index contributed by atoms with van der Waals surface area (Å²) in [6.45, 7) is 0.444. The molecule has 6 nitrogen and oxygen atoms in total. The molecule has 0 aliphatic rings. The molecule has 25 heavy (non-hydrogen) atoms. The second-order valence-corrected chi connectivity index (χ2v) is 6.23. The van der Waals surface area contributed by atoms with Crippen molar-refractivity contribution in [1.82, 2.24) is 9.47 Å². The normalized spacial score (nSPS) is 10.8. The van der Waals surface area contributed by atoms with Crippen LogP contribution in [0.3, 0.4) is 0 Å². The van der Waals surface area contributed by atoms with Gasteiger partial charge < -0.3 is 14.2 Å². The Hall–Kier alpha value is -3.02. The minimum absolute atomic E-state index is 0.0396. The van der Waals surface area contributed by atoms with E-state index in [1.54, 1.807) is 30.1 Å². The molecular weight excluding hydrogens is 318 g/mol. The Morgan fingerprint density at radius 1 is 1.04 bits per heavy atom. The minimum atomic E-state index is -0.515. The SMILES string of the molecule is CN(Cc1ccc(N(C)C)cc1)C(=O)Cn1c(=O)oc2ccccc21. The summed E-state index contributed by atoms with van der Waals surface area (Å²) in [6, 6.07) is 15.1. The standard InChI is InChI=1S/C19H21N3O3/c1-20(2)15-10-8-14(9-11-15)12-21(3)18(23)13-22-16-6-4-5-7-17(16)25-19(22)24/h4-11H,12-13H2,1-3H3. The van der Waals surface area contributed by atoms with Crippen molar-refractivity contribution in [3.63, 3.8) is 0 Å². The predicted molar refractivity (Wildman–Crippen MR) is 97.7 cm³/mol. The molecule has 1 amide bonds. The van der Waals surface area contributed by atoms with Crippen LogP contribution in [0.1, 0.15) is 5.56 Å². The summed E-state index contributed by atoms with van der Waals surface area (Å²) < 4.78 is 6.53. The number of benzene rings is 2. The maximum Gasteiger partial charge on any atom is 0.420 e. The van der Waals surface area contributed by atoms with Crippen molar-refractivity contribution in [3.05, 3.63) is 64.6 Å². The van der Waals surface area contributed by atoms with E-state index >= 15 is 0 Å². The molecule has 0 atom stereocenters. The summed E-state index contributed by atoms with van der Waals surface area (Å²) in [5.41, 5.74) is 3.26. The molecular formula is C19H21N3O3. The van der Waals surface area contributed by atoms with Crippen LogP contribution in [0.25, 0.3) is 11.1 Å². The van der Waals surface area contributed by atoms with Gasteiger partial charge in [0, 0.05) is 33.4 Å². The van der Waals surface area contributed by atoms with Crippen LogP contribution in [0.15, 0.2) is 57.7 Å². The Balaban J connectivity index is 1.72. The smallest absolute Gasteiger partial charge is 0.408 e. The van der Waals surface area contributed by atoms with Gasteiger partial charge in [-0.05, 0) is 29.8 Å². The number of aromatic nitrogens is 1. The first-order valence-electron chi connectivity index (χ1n) is 8.04. The number of fused-ring (bicyclic) bond motifs is 1. The van der Waals surface area contributed by atoms with E-state index in [1.807, 2.05) is 49.3 Å². The number of para-hydroxylation sites is 2. The van der Waals surface area contributed by atoms with Gasteiger partial charge in [0.05, 0.1) is 5.52 Å². The van der Waals surface area contributed by atoms with E-state index in [0.29, 0.717) is 17.6 Å². The van der Waals surface area contributed by atoms with Gasteiger partial charge in [0.2, 0.25) is 5.91 Å². The summed E-state index contributed by atoms with van der Waals surface area (Å²) in [4.78, 5) is 28.1. The first-order valence-corrected chi connectivity index (χ1v) is 8.04. The Labute approximate surface area is 145 Å². The molecule has 0 fully saturated rings. The molecule has 0 aliphatic carbocycles. The highest BCUT2D eigenvalue weighted by atomic mass is 16.4. The van der Waals surface area contributed by atoms with Crippen LogP contribution in [0.4, 0.5) is 5.69 Å². The van der Waals surface area contributed by atoms with Gasteiger partial charge in [-0.2, -0.15) is 0 Å². The van der Waals surface area contributed by atoms with Gasteiger partial charge in [0.1, 0.15) is 6.54 Å². The van der Waals surface area contributed by atoms with Gasteiger partial charge in [-0.1, -0.05) is 24.3 Å². The third kappa shape index (κ3) is 3.57. The van der Waals surface area contributed by atoms with Crippen LogP contribution in [0, 0.1) is 0 Å². The van der Waals surface area contributed by atoms with Crippen molar-refractivity contribution < 1.29 is 9.21 Å². The number of amides is 1. The highest BCUT2D eigenvalue weighted by Gasteiger charge is 2.15. The quantitative estimate of drug-likeness (QED) is 0.716. The first kappa shape index (κ1) is 16.8. The van der Waals surface area contributed by atoms with E-state index in [1.165, 1.54) is 4.57 Å². The predicted octanol–water partition coefficient (Wildman–Crippen LogP) is 2.32. The van der Waals surface area contributed by atoms with E-state index in [2.05, 4.69) is 0 Å². The molecule has 0 radical (unpaired) electrons. The molecule has 0 spiro atoms. The average Bonchev–Trinajstić information content (AvgIpc) is 2.91. The molecule has 0 N–H and O–H groups in total. The molecule has 3 aromatic rings. The molecule has 6 heteroatoms. The Morgan fingerprint density at radius 2 is 1.72 bits per heavy atom. The molecule has 1 aromatic heterocycles. The van der Waals surface area contributed by atoms with E-state index in [0.717, 1.165) is 11.3 Å². The third-order valence-electron chi connectivity index (χ3n) is 4.17. The second kappa shape index (κ2) is 6.84. The maximum absolute atomic E-state index is 12.5. The number of oxazole rings is 1. The van der Waals surface area contributed by atoms with Crippen LogP contribution in [-0.4, -0.2) is 36.5 Å². The number of likely N-dealkylation sites (N-methyl/N-ethyl adjacent to an activating group) is 1. The lowest BCUT2D eigenvalue weighted by atomic mass is 10.2. The molecule has 0 saturated carbocycles. The van der Waals surface area contributed by atoms with Crippen molar-refractivity contribution in [3.8, 4) is 0 Å². The average molecular weight is 339 g/mol. The minimum Gasteiger partial charge on any atom is -0.408 e. The van der Waals surface area contributed by atoms with Crippen LogP contribution in [0.5, 0.6) is 0 Å². The lowest BCUT2D eigenvalue weighted by Crippen LogP contribution is -2.32. The zero-order valence-corrected chi connectivity index (χ0v) is 14.6. The molecule has 0 bridgehead atoms. The molecule has 130 valence electrons. The van der Waals surface area contributed by atoms with Crippen LogP contribution < -0.4 is 10.7 Å². The van der Waals surface area contributed by atoms with E-state index in [9.17, 15) is 9.59 Å². The number of carbonyl (C=O) groups is 1. The Kier molecular flexibility index (Phi) is 4.61. The summed E-state index contributed by atoms with van der Waals surface area (Å²) in [5.74, 6) is -0.663. The van der Waals surface area contributed by atoms with Crippen molar-refractivity contribution in [2.45, 2.75) is 13.1 Å². The number of hydrogen-bond acceptors (Lipinski definition) is 4. The zero-order valence-electron chi connectivity index (χ0n) is 14.6. The topological polar surface area (TPSA) is 58.7 Å². The van der Waals surface area contributed by atoms with Gasteiger partial charge in [0.15, 0.2) is 5.58 Å². The number of carbonyl (C=O) groups excluding carboxylic acids is 1. The van der Waals surface area contributed by atoms with Gasteiger partial charge in [-0.25, -0.2) is 4.79 Å². The van der Waals surface area contributed by atoms with Crippen LogP contribution >= 0.6 is 0 Å². The van der Waals surface area contributed by atoms with Crippen molar-refractivity contribution in [2.75, 3.05) is 26.0 Å². The highest BCUT2D eigenvalue weighted by molar-refractivity contribution is 5.79. The van der Waals surface area contributed by atoms with E-state index in [4.69, 9.17) is 4.42 Å². The fraction of sp³-hybridized carbons (Fsp3) is 0.263. The summed E-state index contributed by atoms with van der Waals surface area (Å²) in [7, 11) is 5.70. The fourth-order valence-electron chi connectivity index (χ4n) is 2.68. The monoisotopic (exact) mass is 339 g/mol. The van der Waals surface area contributed by atoms with Crippen LogP contribution in [0.2, 0.25) is 0 Å². The van der Waals surface area contributed by atoms with Gasteiger partial charge in [0.25, 0.3) is 0 Å². The number of rotatable bonds is 5. The van der Waals surface area contributed by atoms with Crippen LogP contribution in [-0.2, 0) is 17.9 Å². The lowest BCUT2D eigenvalue weighted by Gasteiger charge is -2.18. The molecule has 2 aromatic carbocycles. The summed E-state index contributed by atoms with van der Waals surface area (Å²) in [5, 5.41) is 0. The largest absolute Gasteiger partial charge is 0.420 e. The Bertz CT molecular complexity index is 938. The van der Waals surface area contributed by atoms with Crippen molar-refractivity contribution in [1.29, 1.82) is 0 Å². The maximum atomic E-state index is 12.5. The highest BCUT2D eigenvalue weighted by Crippen LogP contribution is 2.14. The van der Waals surface area contributed by atoms with E-state index in [-0.39, 0.29) is 12.5 Å². The first-order chi connectivity index (χ1) is 12.0. The van der Waals surface area contributed by atoms with Gasteiger partial charge in [-0.3, -0.25) is 9.36 Å². The number of anilines is 1. The van der Waals surface area contributed by atoms with Crippen molar-refractivity contribution in [2.24, 2.45) is 0 Å². The third-order valence-corrected chi connectivity index (χ3v) is 4.17. The molecule has 0 aliphatic heterocycles. The molecule has 0 unspecified atom stereocenters. The second-order valence-electron chi connectivity index (χ2n) is 6.23.